The van der Waals surface area contributed by atoms with Gasteiger partial charge in [0.15, 0.2) is 0 Å². The van der Waals surface area contributed by atoms with Crippen molar-refractivity contribution in [2.75, 3.05) is 0 Å². The number of aliphatic carboxylic acids is 1. The summed E-state index contributed by atoms with van der Waals surface area (Å²) in [5.74, 6) is -4.22. The van der Waals surface area contributed by atoms with Crippen molar-refractivity contribution in [2.24, 2.45) is 11.3 Å². The van der Waals surface area contributed by atoms with Crippen molar-refractivity contribution in [1.82, 2.24) is 5.32 Å². The van der Waals surface area contributed by atoms with Crippen LogP contribution in [0.25, 0.3) is 0 Å². The Morgan fingerprint density at radius 2 is 1.68 bits per heavy atom. The minimum Gasteiger partial charge on any atom is -0.480 e. The zero-order valence-electron chi connectivity index (χ0n) is 12.5. The molecular weight excluding hydrogens is 292 g/mol. The van der Waals surface area contributed by atoms with E-state index in [1.165, 1.54) is 0 Å². The molecule has 0 bridgehead atoms. The highest BCUT2D eigenvalue weighted by molar-refractivity contribution is 5.89. The SMILES string of the molecule is C=C1CCC(C(=O)NC2(C(=O)O)CC3(CC(F)(F)C3)C2)CC1. The zero-order chi connectivity index (χ0) is 16.2. The first-order chi connectivity index (χ1) is 10.2. The van der Waals surface area contributed by atoms with Gasteiger partial charge in [-0.15, -0.1) is 0 Å². The molecule has 6 heteroatoms. The molecule has 3 saturated carbocycles. The summed E-state index contributed by atoms with van der Waals surface area (Å²) in [6.07, 6.45) is 2.67. The van der Waals surface area contributed by atoms with Crippen molar-refractivity contribution in [3.63, 3.8) is 0 Å². The van der Waals surface area contributed by atoms with E-state index in [2.05, 4.69) is 11.9 Å². The molecule has 4 nitrogen and oxygen atoms in total. The summed E-state index contributed by atoms with van der Waals surface area (Å²) in [5.41, 5.74) is -0.811. The van der Waals surface area contributed by atoms with Gasteiger partial charge in [-0.3, -0.25) is 4.79 Å². The van der Waals surface area contributed by atoms with E-state index in [9.17, 15) is 23.5 Å². The lowest BCUT2D eigenvalue weighted by molar-refractivity contribution is -0.222. The topological polar surface area (TPSA) is 66.4 Å². The monoisotopic (exact) mass is 313 g/mol. The fourth-order valence-electron chi connectivity index (χ4n) is 4.44. The highest BCUT2D eigenvalue weighted by Gasteiger charge is 2.69. The number of alkyl halides is 2. The van der Waals surface area contributed by atoms with Crippen molar-refractivity contribution < 1.29 is 23.5 Å². The van der Waals surface area contributed by atoms with Crippen LogP contribution in [0.3, 0.4) is 0 Å². The number of carboxylic acids is 1. The van der Waals surface area contributed by atoms with Gasteiger partial charge in [-0.25, -0.2) is 13.6 Å². The number of rotatable bonds is 3. The van der Waals surface area contributed by atoms with Crippen molar-refractivity contribution in [1.29, 1.82) is 0 Å². The number of hydrogen-bond acceptors (Lipinski definition) is 2. The molecule has 1 spiro atoms. The van der Waals surface area contributed by atoms with Gasteiger partial charge in [0.2, 0.25) is 11.8 Å². The van der Waals surface area contributed by atoms with E-state index in [0.29, 0.717) is 12.8 Å². The molecule has 2 N–H and O–H groups in total. The van der Waals surface area contributed by atoms with Crippen LogP contribution in [0.1, 0.15) is 51.4 Å². The van der Waals surface area contributed by atoms with Gasteiger partial charge >= 0.3 is 5.97 Å². The van der Waals surface area contributed by atoms with E-state index in [1.54, 1.807) is 0 Å². The molecular formula is C16H21F2NO3. The summed E-state index contributed by atoms with van der Waals surface area (Å²) in [6.45, 7) is 3.89. The first-order valence-electron chi connectivity index (χ1n) is 7.75. The van der Waals surface area contributed by atoms with Crippen molar-refractivity contribution >= 4 is 11.9 Å². The molecule has 3 rings (SSSR count). The Balaban J connectivity index is 1.61. The van der Waals surface area contributed by atoms with E-state index in [1.807, 2.05) is 0 Å². The highest BCUT2D eigenvalue weighted by atomic mass is 19.3. The minimum absolute atomic E-state index is 0.121. The van der Waals surface area contributed by atoms with Gasteiger partial charge in [0.25, 0.3) is 0 Å². The molecule has 0 aromatic rings. The molecule has 0 atom stereocenters. The molecule has 0 heterocycles. The van der Waals surface area contributed by atoms with Crippen LogP contribution in [0.4, 0.5) is 8.78 Å². The molecule has 0 aliphatic heterocycles. The number of halogens is 2. The predicted molar refractivity (Wildman–Crippen MR) is 75.5 cm³/mol. The van der Waals surface area contributed by atoms with E-state index < -0.39 is 22.8 Å². The number of hydrogen-bond donors (Lipinski definition) is 2. The van der Waals surface area contributed by atoms with Crippen LogP contribution in [-0.4, -0.2) is 28.4 Å². The molecule has 0 radical (unpaired) electrons. The lowest BCUT2D eigenvalue weighted by Gasteiger charge is -2.61. The largest absolute Gasteiger partial charge is 0.480 e. The molecule has 3 fully saturated rings. The third kappa shape index (κ3) is 2.52. The molecule has 22 heavy (non-hydrogen) atoms. The summed E-state index contributed by atoms with van der Waals surface area (Å²) in [5, 5.41) is 12.1. The van der Waals surface area contributed by atoms with Gasteiger partial charge in [0, 0.05) is 18.8 Å². The van der Waals surface area contributed by atoms with Gasteiger partial charge in [-0.1, -0.05) is 12.2 Å². The van der Waals surface area contributed by atoms with Crippen LogP contribution in [0.2, 0.25) is 0 Å². The van der Waals surface area contributed by atoms with Crippen LogP contribution in [0.5, 0.6) is 0 Å². The normalized spacial score (nSPS) is 28.5. The average molecular weight is 313 g/mol. The molecule has 0 aromatic carbocycles. The Kier molecular flexibility index (Phi) is 3.34. The summed E-state index contributed by atoms with van der Waals surface area (Å²) in [7, 11) is 0. The molecule has 3 aliphatic rings. The van der Waals surface area contributed by atoms with E-state index in [-0.39, 0.29) is 37.5 Å². The molecule has 122 valence electrons. The molecule has 3 aliphatic carbocycles. The number of carbonyl (C=O) groups is 2. The van der Waals surface area contributed by atoms with Crippen LogP contribution in [-0.2, 0) is 9.59 Å². The van der Waals surface area contributed by atoms with Crippen LogP contribution < -0.4 is 5.32 Å². The Bertz CT molecular complexity index is 518. The smallest absolute Gasteiger partial charge is 0.329 e. The number of nitrogens with one attached hydrogen (secondary N) is 1. The summed E-state index contributed by atoms with van der Waals surface area (Å²) >= 11 is 0. The van der Waals surface area contributed by atoms with Crippen LogP contribution in [0.15, 0.2) is 12.2 Å². The van der Waals surface area contributed by atoms with Crippen molar-refractivity contribution in [3.8, 4) is 0 Å². The fraction of sp³-hybridized carbons (Fsp3) is 0.750. The fourth-order valence-corrected chi connectivity index (χ4v) is 4.44. The third-order valence-electron chi connectivity index (χ3n) is 5.46. The number of amides is 1. The van der Waals surface area contributed by atoms with Gasteiger partial charge in [-0.2, -0.15) is 0 Å². The maximum Gasteiger partial charge on any atom is 0.329 e. The Hall–Kier alpha value is -1.46. The van der Waals surface area contributed by atoms with Gasteiger partial charge < -0.3 is 10.4 Å². The number of allylic oxidation sites excluding steroid dienone is 1. The van der Waals surface area contributed by atoms with E-state index >= 15 is 0 Å². The Morgan fingerprint density at radius 3 is 2.14 bits per heavy atom. The first-order valence-corrected chi connectivity index (χ1v) is 7.75. The second-order valence-corrected chi connectivity index (χ2v) is 7.46. The van der Waals surface area contributed by atoms with Crippen molar-refractivity contribution in [2.45, 2.75) is 62.8 Å². The summed E-state index contributed by atoms with van der Waals surface area (Å²) < 4.78 is 26.1. The molecule has 0 unspecified atom stereocenters. The standard InChI is InChI=1S/C16H21F2NO3/c1-10-2-4-11(5-3-10)12(20)19-15(13(21)22)6-14(7-15)8-16(17,18)9-14/h11H,1-9H2,(H,19,20)(H,21,22). The Labute approximate surface area is 128 Å². The maximum absolute atomic E-state index is 13.1. The molecule has 1 amide bonds. The molecule has 0 saturated heterocycles. The second-order valence-electron chi connectivity index (χ2n) is 7.46. The highest BCUT2D eigenvalue weighted by Crippen LogP contribution is 2.65. The second kappa shape index (κ2) is 4.77. The van der Waals surface area contributed by atoms with Gasteiger partial charge in [0.05, 0.1) is 0 Å². The lowest BCUT2D eigenvalue weighted by Crippen LogP contribution is -2.71. The lowest BCUT2D eigenvalue weighted by atomic mass is 9.47. The minimum atomic E-state index is -2.67. The predicted octanol–water partition coefficient (Wildman–Crippen LogP) is 2.88. The van der Waals surface area contributed by atoms with Crippen molar-refractivity contribution in [3.05, 3.63) is 12.2 Å². The maximum atomic E-state index is 13.1. The van der Waals surface area contributed by atoms with Gasteiger partial charge in [0.1, 0.15) is 5.54 Å². The average Bonchev–Trinajstić information content (AvgIpc) is 2.34. The van der Waals surface area contributed by atoms with Crippen LogP contribution in [0, 0.1) is 11.3 Å². The number of carboxylic acid groups (broad SMARTS) is 1. The van der Waals surface area contributed by atoms with E-state index in [4.69, 9.17) is 0 Å². The quantitative estimate of drug-likeness (QED) is 0.787. The first kappa shape index (κ1) is 15.4. The van der Waals surface area contributed by atoms with Crippen LogP contribution >= 0.6 is 0 Å². The zero-order valence-corrected chi connectivity index (χ0v) is 12.5. The Morgan fingerprint density at radius 1 is 1.14 bits per heavy atom. The summed E-state index contributed by atoms with van der Waals surface area (Å²) in [4.78, 5) is 23.9. The third-order valence-corrected chi connectivity index (χ3v) is 5.46. The molecule has 0 aromatic heterocycles. The van der Waals surface area contributed by atoms with Gasteiger partial charge in [-0.05, 0) is 43.9 Å². The number of carbonyl (C=O) groups excluding carboxylic acids is 1. The van der Waals surface area contributed by atoms with E-state index in [0.717, 1.165) is 18.4 Å². The summed E-state index contributed by atoms with van der Waals surface area (Å²) in [6, 6.07) is 0.